The Morgan fingerprint density at radius 3 is 2.79 bits per heavy atom. The van der Waals surface area contributed by atoms with Crippen LogP contribution in [-0.2, 0) is 0 Å². The number of nitrogens with zero attached hydrogens (tertiary/aromatic N) is 2. The largest absolute Gasteiger partial charge is 0.370 e. The number of hydrogen-bond donors (Lipinski definition) is 3. The Labute approximate surface area is 114 Å². The van der Waals surface area contributed by atoms with Gasteiger partial charge in [0.05, 0.1) is 18.1 Å². The van der Waals surface area contributed by atoms with Gasteiger partial charge in [-0.25, -0.2) is 9.38 Å². The minimum absolute atomic E-state index is 0.223. The van der Waals surface area contributed by atoms with Crippen molar-refractivity contribution in [2.45, 2.75) is 5.12 Å². The molecular weight excluding hydrogens is 269 g/mol. The van der Waals surface area contributed by atoms with E-state index in [9.17, 15) is 4.39 Å². The van der Waals surface area contributed by atoms with Gasteiger partial charge in [-0.3, -0.25) is 5.32 Å². The average molecular weight is 282 g/mol. The summed E-state index contributed by atoms with van der Waals surface area (Å²) in [5.74, 6) is -0.0669. The molecule has 0 aromatic heterocycles. The van der Waals surface area contributed by atoms with Crippen LogP contribution in [0.2, 0.25) is 0 Å². The Bertz CT molecular complexity index is 582. The molecule has 0 aliphatic carbocycles. The fraction of sp³-hybridized carbons (Fsp3) is 0.250. The van der Waals surface area contributed by atoms with Gasteiger partial charge >= 0.3 is 0 Å². The van der Waals surface area contributed by atoms with Crippen molar-refractivity contribution in [2.75, 3.05) is 13.7 Å². The Morgan fingerprint density at radius 1 is 1.42 bits per heavy atom. The van der Waals surface area contributed by atoms with E-state index in [1.165, 1.54) is 12.1 Å². The number of guanidine groups is 1. The molecule has 1 aromatic carbocycles. The zero-order chi connectivity index (χ0) is 13.6. The molecule has 19 heavy (non-hydrogen) atoms. The van der Waals surface area contributed by atoms with Crippen LogP contribution in [0.4, 0.5) is 4.39 Å². The van der Waals surface area contributed by atoms with E-state index >= 15 is 0 Å². The van der Waals surface area contributed by atoms with E-state index in [1.54, 1.807) is 12.1 Å². The third-order valence-corrected chi connectivity index (χ3v) is 3.54. The maximum Gasteiger partial charge on any atom is 0.234 e. The number of likely N-dealkylation sites (N-methyl/N-ethyl adjacent to an activating group) is 1. The molecule has 2 heterocycles. The third-order valence-electron chi connectivity index (χ3n) is 3.14. The van der Waals surface area contributed by atoms with Crippen molar-refractivity contribution in [1.82, 2.24) is 15.5 Å². The van der Waals surface area contributed by atoms with Crippen LogP contribution in [0.15, 0.2) is 35.0 Å². The van der Waals surface area contributed by atoms with Crippen molar-refractivity contribution in [1.29, 1.82) is 0 Å². The molecule has 1 unspecified atom stereocenters. The number of nitrogens with two attached hydrogens (primary N) is 1. The molecule has 1 saturated heterocycles. The van der Waals surface area contributed by atoms with Gasteiger partial charge in [0, 0.05) is 12.6 Å². The van der Waals surface area contributed by atoms with Crippen molar-refractivity contribution in [2.24, 2.45) is 10.7 Å². The van der Waals surface area contributed by atoms with E-state index in [0.717, 1.165) is 17.0 Å². The van der Waals surface area contributed by atoms with Gasteiger partial charge in [0.2, 0.25) is 5.12 Å². The molecule has 3 rings (SSSR count). The summed E-state index contributed by atoms with van der Waals surface area (Å²) in [5, 5.41) is 5.01. The zero-order valence-corrected chi connectivity index (χ0v) is 11.0. The maximum atomic E-state index is 13.0. The fourth-order valence-corrected chi connectivity index (χ4v) is 2.68. The Hall–Kier alpha value is -1.79. The van der Waals surface area contributed by atoms with Crippen molar-refractivity contribution < 1.29 is 4.39 Å². The van der Waals surface area contributed by atoms with E-state index < -0.39 is 5.12 Å². The number of benzene rings is 1. The highest BCUT2D eigenvalue weighted by atomic mass is 35.5. The number of alkyl halides is 1. The standard InChI is InChI=1S/C12H13ClFN5/c1-19-6-16-12(13)10(19)9(17-11(15)18-12)7-2-4-8(14)5-3-7/h2-5,16H,6H2,1H3,(H3,15,17,18). The van der Waals surface area contributed by atoms with Gasteiger partial charge in [-0.2, -0.15) is 0 Å². The molecule has 0 radical (unpaired) electrons. The summed E-state index contributed by atoms with van der Waals surface area (Å²) in [6, 6.07) is 6.13. The predicted molar refractivity (Wildman–Crippen MR) is 72.4 cm³/mol. The molecule has 4 N–H and O–H groups in total. The van der Waals surface area contributed by atoms with Gasteiger partial charge in [-0.05, 0) is 24.3 Å². The van der Waals surface area contributed by atoms with Crippen LogP contribution >= 0.6 is 11.6 Å². The van der Waals surface area contributed by atoms with E-state index in [1.807, 2.05) is 11.9 Å². The summed E-state index contributed by atoms with van der Waals surface area (Å²) in [4.78, 5) is 6.12. The molecule has 7 heteroatoms. The highest BCUT2D eigenvalue weighted by molar-refractivity contribution is 6.27. The number of nitrogens with one attached hydrogen (secondary N) is 2. The van der Waals surface area contributed by atoms with Crippen LogP contribution in [-0.4, -0.2) is 29.7 Å². The smallest absolute Gasteiger partial charge is 0.234 e. The number of rotatable bonds is 1. The molecule has 5 nitrogen and oxygen atoms in total. The fourth-order valence-electron chi connectivity index (χ4n) is 2.29. The van der Waals surface area contributed by atoms with Crippen molar-refractivity contribution in [3.05, 3.63) is 41.3 Å². The van der Waals surface area contributed by atoms with Crippen LogP contribution in [0.5, 0.6) is 0 Å². The molecule has 0 bridgehead atoms. The summed E-state index contributed by atoms with van der Waals surface area (Å²) >= 11 is 6.45. The first-order valence-electron chi connectivity index (χ1n) is 5.78. The van der Waals surface area contributed by atoms with E-state index in [-0.39, 0.29) is 11.8 Å². The van der Waals surface area contributed by atoms with Gasteiger partial charge in [0.15, 0.2) is 5.96 Å². The second kappa shape index (κ2) is 4.11. The first-order chi connectivity index (χ1) is 8.99. The zero-order valence-electron chi connectivity index (χ0n) is 10.2. The van der Waals surface area contributed by atoms with Gasteiger partial charge < -0.3 is 16.0 Å². The minimum atomic E-state index is -1.06. The van der Waals surface area contributed by atoms with Crippen molar-refractivity contribution in [3.8, 4) is 0 Å². The van der Waals surface area contributed by atoms with Gasteiger partial charge in [-0.1, -0.05) is 11.6 Å². The molecule has 0 spiro atoms. The number of fused-ring (bicyclic) bond motifs is 1. The lowest BCUT2D eigenvalue weighted by Gasteiger charge is -2.29. The molecule has 100 valence electrons. The second-order valence-electron chi connectivity index (χ2n) is 4.51. The Balaban J connectivity index is 2.14. The molecule has 2 aliphatic rings. The van der Waals surface area contributed by atoms with Gasteiger partial charge in [0.25, 0.3) is 0 Å². The van der Waals surface area contributed by atoms with Crippen LogP contribution < -0.4 is 16.4 Å². The average Bonchev–Trinajstić information content (AvgIpc) is 2.65. The predicted octanol–water partition coefficient (Wildman–Crippen LogP) is 0.797. The molecule has 0 saturated carbocycles. The van der Waals surface area contributed by atoms with Crippen LogP contribution in [0.1, 0.15) is 5.56 Å². The maximum absolute atomic E-state index is 13.0. The summed E-state index contributed by atoms with van der Waals surface area (Å²) in [5.41, 5.74) is 8.07. The first-order valence-corrected chi connectivity index (χ1v) is 6.15. The lowest BCUT2D eigenvalue weighted by Crippen LogP contribution is -2.45. The van der Waals surface area contributed by atoms with Crippen molar-refractivity contribution >= 4 is 23.3 Å². The summed E-state index contributed by atoms with van der Waals surface area (Å²) in [7, 11) is 1.90. The highest BCUT2D eigenvalue weighted by Crippen LogP contribution is 2.37. The van der Waals surface area contributed by atoms with E-state index in [0.29, 0.717) is 6.67 Å². The summed E-state index contributed by atoms with van der Waals surface area (Å²) in [6.07, 6.45) is 0. The lowest BCUT2D eigenvalue weighted by atomic mass is 10.1. The van der Waals surface area contributed by atoms with Crippen LogP contribution in [0, 0.1) is 5.82 Å². The normalized spacial score (nSPS) is 26.1. The van der Waals surface area contributed by atoms with Gasteiger partial charge in [0.1, 0.15) is 5.82 Å². The Kier molecular flexibility index (Phi) is 2.65. The molecule has 1 fully saturated rings. The lowest BCUT2D eigenvalue weighted by molar-refractivity contribution is 0.466. The first kappa shape index (κ1) is 12.3. The van der Waals surface area contributed by atoms with E-state index in [2.05, 4.69) is 15.6 Å². The molecule has 0 amide bonds. The number of hydrogen-bond acceptors (Lipinski definition) is 5. The second-order valence-corrected chi connectivity index (χ2v) is 5.05. The monoisotopic (exact) mass is 281 g/mol. The summed E-state index contributed by atoms with van der Waals surface area (Å²) < 4.78 is 13.0. The van der Waals surface area contributed by atoms with Crippen LogP contribution in [0.25, 0.3) is 5.70 Å². The Morgan fingerprint density at radius 2 is 2.11 bits per heavy atom. The minimum Gasteiger partial charge on any atom is -0.370 e. The number of halogens is 2. The molecule has 2 aliphatic heterocycles. The SMILES string of the molecule is CN1CNC2(Cl)N=C(N)NC(c3ccc(F)cc3)=C12. The molecular formula is C12H13ClFN5. The van der Waals surface area contributed by atoms with Crippen LogP contribution in [0.3, 0.4) is 0 Å². The van der Waals surface area contributed by atoms with E-state index in [4.69, 9.17) is 17.3 Å². The van der Waals surface area contributed by atoms with Crippen molar-refractivity contribution in [3.63, 3.8) is 0 Å². The summed E-state index contributed by atoms with van der Waals surface area (Å²) in [6.45, 7) is 0.558. The number of aliphatic imine (C=N–C) groups is 1. The molecule has 1 atom stereocenters. The molecule has 1 aromatic rings. The third kappa shape index (κ3) is 1.93. The quantitative estimate of drug-likeness (QED) is 0.526. The topological polar surface area (TPSA) is 65.7 Å². The van der Waals surface area contributed by atoms with Gasteiger partial charge in [-0.15, -0.1) is 0 Å². The highest BCUT2D eigenvalue weighted by Gasteiger charge is 2.44.